The van der Waals surface area contributed by atoms with Gasteiger partial charge in [-0.1, -0.05) is 55.2 Å². The maximum Gasteiger partial charge on any atom is 0.227 e. The van der Waals surface area contributed by atoms with E-state index in [1.165, 1.54) is 5.56 Å². The third-order valence-electron chi connectivity index (χ3n) is 8.74. The van der Waals surface area contributed by atoms with Crippen molar-refractivity contribution in [3.8, 4) is 11.5 Å². The van der Waals surface area contributed by atoms with E-state index in [1.54, 1.807) is 6.20 Å². The van der Waals surface area contributed by atoms with Crippen LogP contribution in [-0.2, 0) is 4.79 Å². The Morgan fingerprint density at radius 1 is 1.18 bits per heavy atom. The maximum absolute atomic E-state index is 13.3. The lowest BCUT2D eigenvalue weighted by Gasteiger charge is -2.55. The highest BCUT2D eigenvalue weighted by Gasteiger charge is 2.67. The summed E-state index contributed by atoms with van der Waals surface area (Å²) in [6, 6.07) is 14.3. The van der Waals surface area contributed by atoms with E-state index < -0.39 is 5.41 Å². The van der Waals surface area contributed by atoms with Crippen LogP contribution >= 0.6 is 23.2 Å². The molecule has 3 aromatic rings. The second-order valence-corrected chi connectivity index (χ2v) is 10.9. The number of hydrogen-bond acceptors (Lipinski definition) is 3. The molecule has 2 aliphatic rings. The lowest BCUT2D eigenvalue weighted by Crippen LogP contribution is -2.52. The molecule has 1 N–H and O–H groups in total. The predicted octanol–water partition coefficient (Wildman–Crippen LogP) is 7.54. The van der Waals surface area contributed by atoms with Gasteiger partial charge in [0.2, 0.25) is 11.8 Å². The fourth-order valence-electron chi connectivity index (χ4n) is 6.83. The highest BCUT2D eigenvalue weighted by molar-refractivity contribution is 6.31. The number of oxazole rings is 1. The van der Waals surface area contributed by atoms with Gasteiger partial charge in [0.1, 0.15) is 5.76 Å². The molecule has 5 rings (SSSR count). The first-order valence-corrected chi connectivity index (χ1v) is 12.8. The highest BCUT2D eigenvalue weighted by atomic mass is 35.5. The van der Waals surface area contributed by atoms with E-state index in [0.717, 1.165) is 36.1 Å². The van der Waals surface area contributed by atoms with Crippen molar-refractivity contribution < 1.29 is 9.21 Å². The first-order valence-electron chi connectivity index (χ1n) is 12.0. The Balaban J connectivity index is 1.65. The van der Waals surface area contributed by atoms with Gasteiger partial charge in [-0.25, -0.2) is 4.98 Å². The average Bonchev–Trinajstić information content (AvgIpc) is 3.33. The molecule has 1 unspecified atom stereocenters. The molecule has 4 nitrogen and oxygen atoms in total. The summed E-state index contributed by atoms with van der Waals surface area (Å²) in [7, 11) is 0. The third kappa shape index (κ3) is 3.33. The van der Waals surface area contributed by atoms with Gasteiger partial charge in [0.15, 0.2) is 0 Å². The number of fused-ring (bicyclic) bond motifs is 1. The number of carbonyl (C=O) groups is 1. The minimum Gasteiger partial charge on any atom is -0.441 e. The van der Waals surface area contributed by atoms with E-state index >= 15 is 0 Å². The summed E-state index contributed by atoms with van der Waals surface area (Å²) >= 11 is 13.2. The number of rotatable bonds is 4. The van der Waals surface area contributed by atoms with Crippen LogP contribution in [0, 0.1) is 17.8 Å². The van der Waals surface area contributed by atoms with Gasteiger partial charge < -0.3 is 9.73 Å². The van der Waals surface area contributed by atoms with Crippen LogP contribution in [0.3, 0.4) is 0 Å². The third-order valence-corrected chi connectivity index (χ3v) is 9.32. The van der Waals surface area contributed by atoms with Crippen LogP contribution in [0.1, 0.15) is 68.8 Å². The number of nitrogens with zero attached hydrogens (tertiary/aromatic N) is 1. The molecule has 1 aromatic heterocycles. The number of carbonyl (C=O) groups excluding carboxylic acids is 1. The van der Waals surface area contributed by atoms with Crippen molar-refractivity contribution in [1.82, 2.24) is 10.3 Å². The fourth-order valence-corrected chi connectivity index (χ4v) is 7.28. The summed E-state index contributed by atoms with van der Waals surface area (Å²) in [5.74, 6) is 1.78. The summed E-state index contributed by atoms with van der Waals surface area (Å²) in [4.78, 5) is 17.7. The minimum atomic E-state index is -0.407. The molecular formula is C28H30Cl2N2O2. The zero-order valence-electron chi connectivity index (χ0n) is 20.0. The van der Waals surface area contributed by atoms with E-state index in [0.29, 0.717) is 15.9 Å². The molecule has 0 bridgehead atoms. The van der Waals surface area contributed by atoms with Crippen molar-refractivity contribution in [2.45, 2.75) is 64.8 Å². The highest BCUT2D eigenvalue weighted by Crippen LogP contribution is 2.67. The number of amides is 1. The smallest absolute Gasteiger partial charge is 0.227 e. The summed E-state index contributed by atoms with van der Waals surface area (Å²) < 4.78 is 5.71. The number of aromatic nitrogens is 1. The molecule has 5 atom stereocenters. The number of nitrogens with one attached hydrogen (secondary N) is 1. The van der Waals surface area contributed by atoms with Crippen LogP contribution in [0.5, 0.6) is 0 Å². The standard InChI is InChI=1S/C28H30Cl2N2O2/c1-5-28-13-12-22(21-11-8-19(14-23(21)30)25-31-15-16(2)34-25)24(18-6-9-20(29)10-7-18)27(28,4)17(3)32-26(28)33/h6-11,14-15,17,22,24H,5,12-13H2,1-4H3,(H,32,33)/t17-,22+,24+,27+,28?/m1/s1. The summed E-state index contributed by atoms with van der Waals surface area (Å²) in [5, 5.41) is 4.72. The van der Waals surface area contributed by atoms with Gasteiger partial charge in [-0.05, 0) is 80.3 Å². The Labute approximate surface area is 211 Å². The Morgan fingerprint density at radius 2 is 1.91 bits per heavy atom. The Morgan fingerprint density at radius 3 is 2.53 bits per heavy atom. The second-order valence-electron chi connectivity index (χ2n) is 10.1. The van der Waals surface area contributed by atoms with Gasteiger partial charge in [-0.2, -0.15) is 0 Å². The van der Waals surface area contributed by atoms with E-state index in [-0.39, 0.29) is 29.2 Å². The molecule has 2 aromatic carbocycles. The summed E-state index contributed by atoms with van der Waals surface area (Å²) in [5.41, 5.74) is 2.47. The van der Waals surface area contributed by atoms with Crippen molar-refractivity contribution >= 4 is 29.1 Å². The first-order chi connectivity index (χ1) is 16.2. The molecule has 2 fully saturated rings. The minimum absolute atomic E-state index is 0.0387. The molecule has 0 spiro atoms. The van der Waals surface area contributed by atoms with Gasteiger partial charge >= 0.3 is 0 Å². The van der Waals surface area contributed by atoms with Crippen LogP contribution in [0.15, 0.2) is 53.1 Å². The molecule has 1 saturated heterocycles. The Hall–Kier alpha value is -2.30. The van der Waals surface area contributed by atoms with Gasteiger partial charge in [0, 0.05) is 27.1 Å². The number of hydrogen-bond donors (Lipinski definition) is 1. The molecule has 1 aliphatic carbocycles. The number of aryl methyl sites for hydroxylation is 1. The molecule has 2 heterocycles. The van der Waals surface area contributed by atoms with Gasteiger partial charge in [0.25, 0.3) is 0 Å². The van der Waals surface area contributed by atoms with Crippen molar-refractivity contribution in [2.75, 3.05) is 0 Å². The Kier molecular flexibility index (Phi) is 5.81. The molecule has 1 amide bonds. The van der Waals surface area contributed by atoms with E-state index in [1.807, 2.05) is 31.2 Å². The molecule has 1 saturated carbocycles. The zero-order valence-corrected chi connectivity index (χ0v) is 21.5. The van der Waals surface area contributed by atoms with Gasteiger partial charge in [0.05, 0.1) is 11.6 Å². The van der Waals surface area contributed by atoms with E-state index in [9.17, 15) is 4.79 Å². The van der Waals surface area contributed by atoms with E-state index in [4.69, 9.17) is 27.6 Å². The number of benzene rings is 2. The van der Waals surface area contributed by atoms with Crippen LogP contribution in [0.4, 0.5) is 0 Å². The second kappa shape index (κ2) is 8.42. The molecular weight excluding hydrogens is 467 g/mol. The lowest BCUT2D eigenvalue weighted by molar-refractivity contribution is -0.135. The largest absolute Gasteiger partial charge is 0.441 e. The van der Waals surface area contributed by atoms with Crippen LogP contribution in [0.25, 0.3) is 11.5 Å². The van der Waals surface area contributed by atoms with Crippen molar-refractivity contribution in [2.24, 2.45) is 10.8 Å². The lowest BCUT2D eigenvalue weighted by atomic mass is 9.46. The molecule has 178 valence electrons. The monoisotopic (exact) mass is 496 g/mol. The van der Waals surface area contributed by atoms with Gasteiger partial charge in [-0.15, -0.1) is 0 Å². The summed E-state index contributed by atoms with van der Waals surface area (Å²) in [6.45, 7) is 8.47. The van der Waals surface area contributed by atoms with Crippen molar-refractivity contribution in [1.29, 1.82) is 0 Å². The molecule has 6 heteroatoms. The molecule has 1 aliphatic heterocycles. The quantitative estimate of drug-likeness (QED) is 0.405. The molecule has 0 radical (unpaired) electrons. The number of halogens is 2. The average molecular weight is 497 g/mol. The fraction of sp³-hybridized carbons (Fsp3) is 0.429. The van der Waals surface area contributed by atoms with Crippen molar-refractivity contribution in [3.63, 3.8) is 0 Å². The molecule has 34 heavy (non-hydrogen) atoms. The predicted molar refractivity (Wildman–Crippen MR) is 136 cm³/mol. The van der Waals surface area contributed by atoms with Crippen LogP contribution in [-0.4, -0.2) is 16.9 Å². The van der Waals surface area contributed by atoms with Gasteiger partial charge in [-0.3, -0.25) is 4.79 Å². The Bertz CT molecular complexity index is 1240. The first kappa shape index (κ1) is 23.4. The topological polar surface area (TPSA) is 55.1 Å². The summed E-state index contributed by atoms with van der Waals surface area (Å²) in [6.07, 6.45) is 4.24. The van der Waals surface area contributed by atoms with Crippen molar-refractivity contribution in [3.05, 3.63) is 75.6 Å². The van der Waals surface area contributed by atoms with E-state index in [2.05, 4.69) is 49.3 Å². The maximum atomic E-state index is 13.3. The SMILES string of the molecule is CCC12CC[C@@H](c3ccc(-c4ncc(C)o4)cc3Cl)[C@H](c3ccc(Cl)cc3)[C@]1(C)[C@@H](C)NC2=O. The zero-order chi connectivity index (χ0) is 24.3. The normalized spacial score (nSPS) is 30.8. The van der Waals surface area contributed by atoms with Crippen LogP contribution in [0.2, 0.25) is 10.0 Å². The van der Waals surface area contributed by atoms with Crippen LogP contribution < -0.4 is 5.32 Å².